The van der Waals surface area contributed by atoms with Crippen molar-refractivity contribution < 1.29 is 9.18 Å². The summed E-state index contributed by atoms with van der Waals surface area (Å²) in [5.74, 6) is -0.249. The summed E-state index contributed by atoms with van der Waals surface area (Å²) >= 11 is 0. The molecule has 2 aromatic rings. The average molecular weight is 274 g/mol. The first-order valence-electron chi connectivity index (χ1n) is 7.17. The molecule has 3 rings (SSSR count). The van der Waals surface area contributed by atoms with Crippen molar-refractivity contribution in [1.29, 1.82) is 0 Å². The second kappa shape index (κ2) is 5.37. The number of aryl methyl sites for hydroxylation is 1. The minimum absolute atomic E-state index is 0.0353. The van der Waals surface area contributed by atoms with E-state index in [1.54, 1.807) is 29.9 Å². The van der Waals surface area contributed by atoms with E-state index >= 15 is 0 Å². The van der Waals surface area contributed by atoms with E-state index in [1.807, 2.05) is 0 Å². The SMILES string of the molecule is Cn1cc(C(=O)CNC2CCCC2)c2cccc(F)c21. The fraction of sp³-hybridized carbons (Fsp3) is 0.438. The van der Waals surface area contributed by atoms with Crippen LogP contribution in [-0.2, 0) is 7.05 Å². The van der Waals surface area contributed by atoms with Gasteiger partial charge >= 0.3 is 0 Å². The van der Waals surface area contributed by atoms with E-state index in [0.717, 1.165) is 12.8 Å². The molecule has 0 unspecified atom stereocenters. The molecule has 0 atom stereocenters. The summed E-state index contributed by atoms with van der Waals surface area (Å²) < 4.78 is 15.5. The molecule has 0 aliphatic heterocycles. The number of hydrogen-bond donors (Lipinski definition) is 1. The van der Waals surface area contributed by atoms with E-state index in [9.17, 15) is 9.18 Å². The summed E-state index contributed by atoms with van der Waals surface area (Å²) in [6.45, 7) is 0.334. The van der Waals surface area contributed by atoms with Crippen LogP contribution in [-0.4, -0.2) is 22.9 Å². The number of rotatable bonds is 4. The van der Waals surface area contributed by atoms with Crippen molar-refractivity contribution in [2.24, 2.45) is 7.05 Å². The normalized spacial score (nSPS) is 16.1. The lowest BCUT2D eigenvalue weighted by Crippen LogP contribution is -2.31. The lowest BCUT2D eigenvalue weighted by molar-refractivity contribution is 0.0989. The van der Waals surface area contributed by atoms with Crippen LogP contribution in [0.1, 0.15) is 36.0 Å². The molecule has 0 saturated heterocycles. The monoisotopic (exact) mass is 274 g/mol. The number of carbonyl (C=O) groups excluding carboxylic acids is 1. The summed E-state index contributed by atoms with van der Waals surface area (Å²) in [6, 6.07) is 5.35. The van der Waals surface area contributed by atoms with E-state index in [-0.39, 0.29) is 11.6 Å². The molecular formula is C16H19FN2O. The second-order valence-corrected chi connectivity index (χ2v) is 5.58. The van der Waals surface area contributed by atoms with Crippen LogP contribution >= 0.6 is 0 Å². The van der Waals surface area contributed by atoms with Gasteiger partial charge in [0.05, 0.1) is 12.1 Å². The first-order valence-corrected chi connectivity index (χ1v) is 7.17. The third kappa shape index (κ3) is 2.36. The van der Waals surface area contributed by atoms with Crippen molar-refractivity contribution in [2.75, 3.05) is 6.54 Å². The lowest BCUT2D eigenvalue weighted by Gasteiger charge is -2.10. The van der Waals surface area contributed by atoms with E-state index in [4.69, 9.17) is 0 Å². The van der Waals surface area contributed by atoms with E-state index in [2.05, 4.69) is 5.32 Å². The zero-order valence-corrected chi connectivity index (χ0v) is 11.7. The number of ketones is 1. The second-order valence-electron chi connectivity index (χ2n) is 5.58. The number of hydrogen-bond acceptors (Lipinski definition) is 2. The molecule has 1 N–H and O–H groups in total. The number of nitrogens with one attached hydrogen (secondary N) is 1. The zero-order valence-electron chi connectivity index (χ0n) is 11.7. The smallest absolute Gasteiger partial charge is 0.178 e. The van der Waals surface area contributed by atoms with Crippen molar-refractivity contribution in [3.05, 3.63) is 35.8 Å². The van der Waals surface area contributed by atoms with Crippen LogP contribution in [0.15, 0.2) is 24.4 Å². The molecule has 0 amide bonds. The molecule has 0 spiro atoms. The Morgan fingerprint density at radius 1 is 1.40 bits per heavy atom. The van der Waals surface area contributed by atoms with Gasteiger partial charge in [0.15, 0.2) is 5.78 Å². The molecule has 0 bridgehead atoms. The molecule has 1 fully saturated rings. The van der Waals surface area contributed by atoms with Crippen LogP contribution in [0.5, 0.6) is 0 Å². The number of aromatic nitrogens is 1. The van der Waals surface area contributed by atoms with Gasteiger partial charge in [0, 0.05) is 30.2 Å². The molecule has 1 aliphatic carbocycles. The van der Waals surface area contributed by atoms with Crippen LogP contribution in [0.25, 0.3) is 10.9 Å². The van der Waals surface area contributed by atoms with Gasteiger partial charge < -0.3 is 9.88 Å². The van der Waals surface area contributed by atoms with Gasteiger partial charge in [0.1, 0.15) is 5.82 Å². The molecule has 3 nitrogen and oxygen atoms in total. The Morgan fingerprint density at radius 3 is 2.90 bits per heavy atom. The number of benzene rings is 1. The summed E-state index contributed by atoms with van der Waals surface area (Å²) in [4.78, 5) is 12.3. The Balaban J connectivity index is 1.82. The number of nitrogens with zero attached hydrogens (tertiary/aromatic N) is 1. The number of para-hydroxylation sites is 1. The van der Waals surface area contributed by atoms with Gasteiger partial charge in [-0.25, -0.2) is 4.39 Å². The fourth-order valence-electron chi connectivity index (χ4n) is 3.10. The van der Waals surface area contributed by atoms with Crippen molar-refractivity contribution in [3.8, 4) is 0 Å². The number of carbonyl (C=O) groups is 1. The third-order valence-corrected chi connectivity index (χ3v) is 4.16. The standard InChI is InChI=1S/C16H19FN2O/c1-19-10-13(12-7-4-8-14(17)16(12)19)15(20)9-18-11-5-2-3-6-11/h4,7-8,10-11,18H,2-3,5-6,9H2,1H3. The molecule has 4 heteroatoms. The molecule has 20 heavy (non-hydrogen) atoms. The van der Waals surface area contributed by atoms with Crippen molar-refractivity contribution >= 4 is 16.7 Å². The van der Waals surface area contributed by atoms with E-state index in [0.29, 0.717) is 29.1 Å². The van der Waals surface area contributed by atoms with Crippen molar-refractivity contribution in [1.82, 2.24) is 9.88 Å². The molecule has 1 saturated carbocycles. The van der Waals surface area contributed by atoms with Gasteiger partial charge in [-0.2, -0.15) is 0 Å². The Bertz CT molecular complexity index is 641. The van der Waals surface area contributed by atoms with Crippen LogP contribution < -0.4 is 5.32 Å². The van der Waals surface area contributed by atoms with Gasteiger partial charge in [0.25, 0.3) is 0 Å². The molecular weight excluding hydrogens is 255 g/mol. The minimum atomic E-state index is -0.284. The highest BCUT2D eigenvalue weighted by molar-refractivity contribution is 6.09. The van der Waals surface area contributed by atoms with Crippen molar-refractivity contribution in [3.63, 3.8) is 0 Å². The molecule has 0 radical (unpaired) electrons. The Kier molecular flexibility index (Phi) is 3.57. The third-order valence-electron chi connectivity index (χ3n) is 4.16. The summed E-state index contributed by atoms with van der Waals surface area (Å²) in [6.07, 6.45) is 6.51. The Labute approximate surface area is 117 Å². The largest absolute Gasteiger partial charge is 0.347 e. The van der Waals surface area contributed by atoms with Crippen LogP contribution in [0.3, 0.4) is 0 Å². The maximum Gasteiger partial charge on any atom is 0.178 e. The summed E-state index contributed by atoms with van der Waals surface area (Å²) in [7, 11) is 1.77. The maximum absolute atomic E-state index is 13.8. The van der Waals surface area contributed by atoms with Gasteiger partial charge in [-0.1, -0.05) is 25.0 Å². The average Bonchev–Trinajstić information content (AvgIpc) is 3.05. The van der Waals surface area contributed by atoms with Gasteiger partial charge in [0.2, 0.25) is 0 Å². The predicted octanol–water partition coefficient (Wildman–Crippen LogP) is 3.03. The molecule has 106 valence electrons. The molecule has 1 heterocycles. The van der Waals surface area contributed by atoms with Crippen molar-refractivity contribution in [2.45, 2.75) is 31.7 Å². The van der Waals surface area contributed by atoms with Crippen LogP contribution in [0, 0.1) is 5.82 Å². The zero-order chi connectivity index (χ0) is 14.1. The summed E-state index contributed by atoms with van der Waals surface area (Å²) in [5, 5.41) is 4.02. The number of Topliss-reactive ketones (excluding diaryl/α,β-unsaturated/α-hetero) is 1. The Morgan fingerprint density at radius 2 is 2.15 bits per heavy atom. The highest BCUT2D eigenvalue weighted by atomic mass is 19.1. The molecule has 1 aromatic heterocycles. The first-order chi connectivity index (χ1) is 9.66. The van der Waals surface area contributed by atoms with Gasteiger partial charge in [-0.15, -0.1) is 0 Å². The topological polar surface area (TPSA) is 34.0 Å². The number of fused-ring (bicyclic) bond motifs is 1. The quantitative estimate of drug-likeness (QED) is 0.870. The molecule has 1 aliphatic rings. The first kappa shape index (κ1) is 13.3. The fourth-order valence-corrected chi connectivity index (χ4v) is 3.10. The highest BCUT2D eigenvalue weighted by Crippen LogP contribution is 2.24. The highest BCUT2D eigenvalue weighted by Gasteiger charge is 2.19. The van der Waals surface area contributed by atoms with Gasteiger partial charge in [-0.3, -0.25) is 4.79 Å². The van der Waals surface area contributed by atoms with E-state index < -0.39 is 0 Å². The predicted molar refractivity (Wildman–Crippen MR) is 77.5 cm³/mol. The maximum atomic E-state index is 13.8. The number of halogens is 1. The molecule has 1 aromatic carbocycles. The van der Waals surface area contributed by atoms with Crippen LogP contribution in [0.4, 0.5) is 4.39 Å². The van der Waals surface area contributed by atoms with E-state index in [1.165, 1.54) is 18.9 Å². The Hall–Kier alpha value is -1.68. The lowest BCUT2D eigenvalue weighted by atomic mass is 10.1. The van der Waals surface area contributed by atoms with Crippen LogP contribution in [0.2, 0.25) is 0 Å². The summed E-state index contributed by atoms with van der Waals surface area (Å²) in [5.41, 5.74) is 1.10. The van der Waals surface area contributed by atoms with Gasteiger partial charge in [-0.05, 0) is 18.9 Å². The minimum Gasteiger partial charge on any atom is -0.347 e.